The molecule has 1 aromatic rings. The van der Waals surface area contributed by atoms with Crippen LogP contribution < -0.4 is 10.5 Å². The first-order valence-corrected chi connectivity index (χ1v) is 7.92. The van der Waals surface area contributed by atoms with Gasteiger partial charge in [-0.3, -0.25) is 0 Å². The Morgan fingerprint density at radius 2 is 2.05 bits per heavy atom. The molecular formula is C13H21FN2O2S. The summed E-state index contributed by atoms with van der Waals surface area (Å²) in [5, 5.41) is 0. The third-order valence-electron chi connectivity index (χ3n) is 2.84. The summed E-state index contributed by atoms with van der Waals surface area (Å²) in [6.45, 7) is 3.86. The first kappa shape index (κ1) is 15.9. The van der Waals surface area contributed by atoms with Crippen molar-refractivity contribution in [2.75, 3.05) is 5.73 Å². The zero-order valence-corrected chi connectivity index (χ0v) is 12.1. The van der Waals surface area contributed by atoms with E-state index in [0.717, 1.165) is 37.8 Å². The highest BCUT2D eigenvalue weighted by Gasteiger charge is 2.21. The molecule has 0 aliphatic rings. The summed E-state index contributed by atoms with van der Waals surface area (Å²) in [6.07, 6.45) is 3.80. The Balaban J connectivity index is 2.78. The Morgan fingerprint density at radius 3 is 2.68 bits per heavy atom. The lowest BCUT2D eigenvalue weighted by Gasteiger charge is -2.14. The lowest BCUT2D eigenvalue weighted by atomic mass is 10.1. The minimum absolute atomic E-state index is 0.223. The summed E-state index contributed by atoms with van der Waals surface area (Å²) in [4.78, 5) is -0.394. The van der Waals surface area contributed by atoms with Gasteiger partial charge in [0, 0.05) is 11.7 Å². The quantitative estimate of drug-likeness (QED) is 0.598. The maximum atomic E-state index is 13.5. The van der Waals surface area contributed by atoms with Gasteiger partial charge in [0.05, 0.1) is 0 Å². The molecule has 6 heteroatoms. The van der Waals surface area contributed by atoms with E-state index in [4.69, 9.17) is 5.73 Å². The SMILES string of the molecule is CCCCCC(C)NS(=O)(=O)c1cc(N)ccc1F. The summed E-state index contributed by atoms with van der Waals surface area (Å²) in [7, 11) is -3.85. The van der Waals surface area contributed by atoms with Crippen LogP contribution in [0.1, 0.15) is 39.5 Å². The van der Waals surface area contributed by atoms with Crippen molar-refractivity contribution < 1.29 is 12.8 Å². The molecule has 1 atom stereocenters. The maximum absolute atomic E-state index is 13.5. The third-order valence-corrected chi connectivity index (χ3v) is 4.45. The molecular weight excluding hydrogens is 267 g/mol. The Bertz CT molecular complexity index is 517. The zero-order chi connectivity index (χ0) is 14.5. The molecule has 0 heterocycles. The number of nitrogens with one attached hydrogen (secondary N) is 1. The monoisotopic (exact) mass is 288 g/mol. The van der Waals surface area contributed by atoms with Crippen LogP contribution in [0.3, 0.4) is 0 Å². The Labute approximate surface area is 114 Å². The molecule has 0 aliphatic heterocycles. The van der Waals surface area contributed by atoms with Crippen molar-refractivity contribution in [1.82, 2.24) is 4.72 Å². The number of hydrogen-bond donors (Lipinski definition) is 2. The molecule has 1 aromatic carbocycles. The van der Waals surface area contributed by atoms with Crippen molar-refractivity contribution in [2.45, 2.75) is 50.5 Å². The molecule has 0 spiro atoms. The fourth-order valence-corrected chi connectivity index (χ4v) is 3.20. The van der Waals surface area contributed by atoms with Gasteiger partial charge in [0.1, 0.15) is 10.7 Å². The first-order valence-electron chi connectivity index (χ1n) is 6.44. The molecule has 0 amide bonds. The molecule has 1 unspecified atom stereocenters. The predicted molar refractivity (Wildman–Crippen MR) is 74.7 cm³/mol. The van der Waals surface area contributed by atoms with Crippen LogP contribution in [0.4, 0.5) is 10.1 Å². The van der Waals surface area contributed by atoms with Crippen LogP contribution in [0.15, 0.2) is 23.1 Å². The van der Waals surface area contributed by atoms with E-state index in [-0.39, 0.29) is 11.7 Å². The van der Waals surface area contributed by atoms with Crippen molar-refractivity contribution in [3.05, 3.63) is 24.0 Å². The molecule has 1 rings (SSSR count). The van der Waals surface area contributed by atoms with Crippen LogP contribution in [0.5, 0.6) is 0 Å². The second kappa shape index (κ2) is 6.86. The number of halogens is 1. The summed E-state index contributed by atoms with van der Waals surface area (Å²) in [6, 6.07) is 3.30. The molecule has 3 N–H and O–H groups in total. The lowest BCUT2D eigenvalue weighted by Crippen LogP contribution is -2.33. The number of unbranched alkanes of at least 4 members (excludes halogenated alkanes) is 2. The van der Waals surface area contributed by atoms with E-state index in [2.05, 4.69) is 11.6 Å². The molecule has 0 aliphatic carbocycles. The lowest BCUT2D eigenvalue weighted by molar-refractivity contribution is 0.519. The minimum Gasteiger partial charge on any atom is -0.399 e. The summed E-state index contributed by atoms with van der Waals surface area (Å²) >= 11 is 0. The molecule has 0 saturated heterocycles. The van der Waals surface area contributed by atoms with Crippen LogP contribution in [-0.4, -0.2) is 14.5 Å². The summed E-state index contributed by atoms with van der Waals surface area (Å²) in [5.74, 6) is -0.789. The van der Waals surface area contributed by atoms with Crippen molar-refractivity contribution >= 4 is 15.7 Å². The number of nitrogen functional groups attached to an aromatic ring is 1. The molecule has 108 valence electrons. The van der Waals surface area contributed by atoms with Gasteiger partial charge in [-0.15, -0.1) is 0 Å². The predicted octanol–water partition coefficient (Wildman–Crippen LogP) is 2.66. The zero-order valence-electron chi connectivity index (χ0n) is 11.3. The van der Waals surface area contributed by atoms with Gasteiger partial charge in [-0.2, -0.15) is 0 Å². The fourth-order valence-electron chi connectivity index (χ4n) is 1.81. The average Bonchev–Trinajstić information content (AvgIpc) is 2.32. The second-order valence-corrected chi connectivity index (χ2v) is 6.39. The number of anilines is 1. The molecule has 0 radical (unpaired) electrons. The molecule has 0 fully saturated rings. The Morgan fingerprint density at radius 1 is 1.37 bits per heavy atom. The van der Waals surface area contributed by atoms with Gasteiger partial charge in [0.2, 0.25) is 10.0 Å². The van der Waals surface area contributed by atoms with E-state index in [9.17, 15) is 12.8 Å². The van der Waals surface area contributed by atoms with Gasteiger partial charge in [0.25, 0.3) is 0 Å². The highest BCUT2D eigenvalue weighted by atomic mass is 32.2. The summed E-state index contributed by atoms with van der Waals surface area (Å²) < 4.78 is 40.1. The number of hydrogen-bond acceptors (Lipinski definition) is 3. The molecule has 19 heavy (non-hydrogen) atoms. The standard InChI is InChI=1S/C13H21FN2O2S/c1-3-4-5-6-10(2)16-19(17,18)13-9-11(15)7-8-12(13)14/h7-10,16H,3-6,15H2,1-2H3. The highest BCUT2D eigenvalue weighted by molar-refractivity contribution is 7.89. The van der Waals surface area contributed by atoms with Crippen LogP contribution in [0.2, 0.25) is 0 Å². The molecule has 0 bridgehead atoms. The first-order chi connectivity index (χ1) is 8.86. The number of sulfonamides is 1. The van der Waals surface area contributed by atoms with E-state index in [0.29, 0.717) is 0 Å². The van der Waals surface area contributed by atoms with Gasteiger partial charge in [0.15, 0.2) is 0 Å². The minimum atomic E-state index is -3.85. The summed E-state index contributed by atoms with van der Waals surface area (Å²) in [5.41, 5.74) is 5.72. The van der Waals surface area contributed by atoms with Crippen molar-refractivity contribution in [2.24, 2.45) is 0 Å². The van der Waals surface area contributed by atoms with Gasteiger partial charge in [-0.05, 0) is 31.5 Å². The molecule has 0 aromatic heterocycles. The van der Waals surface area contributed by atoms with E-state index < -0.39 is 20.7 Å². The van der Waals surface area contributed by atoms with Gasteiger partial charge in [-0.25, -0.2) is 17.5 Å². The highest BCUT2D eigenvalue weighted by Crippen LogP contribution is 2.18. The maximum Gasteiger partial charge on any atom is 0.243 e. The number of rotatable bonds is 7. The van der Waals surface area contributed by atoms with Crippen molar-refractivity contribution in [3.63, 3.8) is 0 Å². The van der Waals surface area contributed by atoms with Crippen LogP contribution in [0.25, 0.3) is 0 Å². The van der Waals surface area contributed by atoms with Crippen LogP contribution >= 0.6 is 0 Å². The van der Waals surface area contributed by atoms with E-state index in [1.807, 2.05) is 0 Å². The number of benzene rings is 1. The Hall–Kier alpha value is -1.14. The molecule has 4 nitrogen and oxygen atoms in total. The van der Waals surface area contributed by atoms with Gasteiger partial charge < -0.3 is 5.73 Å². The topological polar surface area (TPSA) is 72.2 Å². The normalized spacial score (nSPS) is 13.4. The number of nitrogens with two attached hydrogens (primary N) is 1. The fraction of sp³-hybridized carbons (Fsp3) is 0.538. The van der Waals surface area contributed by atoms with E-state index in [1.165, 1.54) is 6.07 Å². The third kappa shape index (κ3) is 4.80. The van der Waals surface area contributed by atoms with Crippen molar-refractivity contribution in [3.8, 4) is 0 Å². The van der Waals surface area contributed by atoms with E-state index in [1.54, 1.807) is 6.92 Å². The second-order valence-electron chi connectivity index (χ2n) is 4.71. The van der Waals surface area contributed by atoms with E-state index >= 15 is 0 Å². The van der Waals surface area contributed by atoms with Gasteiger partial charge in [-0.1, -0.05) is 26.2 Å². The average molecular weight is 288 g/mol. The smallest absolute Gasteiger partial charge is 0.243 e. The largest absolute Gasteiger partial charge is 0.399 e. The van der Waals surface area contributed by atoms with Crippen molar-refractivity contribution in [1.29, 1.82) is 0 Å². The van der Waals surface area contributed by atoms with Crippen LogP contribution in [-0.2, 0) is 10.0 Å². The van der Waals surface area contributed by atoms with Crippen LogP contribution in [0, 0.1) is 5.82 Å². The van der Waals surface area contributed by atoms with Gasteiger partial charge >= 0.3 is 0 Å². The Kier molecular flexibility index (Phi) is 5.75. The molecule has 0 saturated carbocycles.